The number of ketones is 1. The normalized spacial score (nSPS) is 10.1. The van der Waals surface area contributed by atoms with E-state index in [1.165, 1.54) is 0 Å². The minimum atomic E-state index is 0.152. The fourth-order valence-corrected chi connectivity index (χ4v) is 1.61. The van der Waals surface area contributed by atoms with Gasteiger partial charge in [0.2, 0.25) is 0 Å². The van der Waals surface area contributed by atoms with Crippen LogP contribution in [0.2, 0.25) is 0 Å². The average Bonchev–Trinajstić information content (AvgIpc) is 2.53. The van der Waals surface area contributed by atoms with Crippen LogP contribution in [0.25, 0.3) is 0 Å². The number of ether oxygens (including phenoxy) is 1. The fraction of sp³-hybridized carbons (Fsp3) is 0.444. The standard InChI is InChI=1S/C9H12O2S/c1-2-11-7-8(10)6-9-4-3-5-12-9/h3-5H,2,6-7H2,1H3. The van der Waals surface area contributed by atoms with Crippen molar-refractivity contribution >= 4 is 17.1 Å². The van der Waals surface area contributed by atoms with Gasteiger partial charge in [-0.3, -0.25) is 4.79 Å². The van der Waals surface area contributed by atoms with Crippen LogP contribution in [0, 0.1) is 0 Å². The highest BCUT2D eigenvalue weighted by molar-refractivity contribution is 7.10. The summed E-state index contributed by atoms with van der Waals surface area (Å²) in [5, 5.41) is 1.98. The number of carbonyl (C=O) groups excluding carboxylic acids is 1. The van der Waals surface area contributed by atoms with Crippen LogP contribution in [0.15, 0.2) is 17.5 Å². The molecule has 0 atom stereocenters. The average molecular weight is 184 g/mol. The van der Waals surface area contributed by atoms with Crippen LogP contribution in [-0.4, -0.2) is 19.0 Å². The molecule has 0 unspecified atom stereocenters. The Kier molecular flexibility index (Phi) is 3.97. The second-order valence-corrected chi connectivity index (χ2v) is 3.46. The second kappa shape index (κ2) is 5.06. The van der Waals surface area contributed by atoms with Crippen molar-refractivity contribution in [1.29, 1.82) is 0 Å². The first kappa shape index (κ1) is 9.42. The van der Waals surface area contributed by atoms with E-state index in [2.05, 4.69) is 0 Å². The van der Waals surface area contributed by atoms with Crippen molar-refractivity contribution in [2.75, 3.05) is 13.2 Å². The van der Waals surface area contributed by atoms with E-state index in [1.807, 2.05) is 24.4 Å². The molecule has 12 heavy (non-hydrogen) atoms. The van der Waals surface area contributed by atoms with Crippen LogP contribution in [0.1, 0.15) is 11.8 Å². The quantitative estimate of drug-likeness (QED) is 0.698. The van der Waals surface area contributed by atoms with Crippen molar-refractivity contribution in [1.82, 2.24) is 0 Å². The molecule has 0 aromatic carbocycles. The van der Waals surface area contributed by atoms with Crippen LogP contribution in [-0.2, 0) is 16.0 Å². The van der Waals surface area contributed by atoms with Crippen molar-refractivity contribution in [3.05, 3.63) is 22.4 Å². The molecule has 2 nitrogen and oxygen atoms in total. The Hall–Kier alpha value is -0.670. The van der Waals surface area contributed by atoms with Gasteiger partial charge in [-0.25, -0.2) is 0 Å². The summed E-state index contributed by atoms with van der Waals surface area (Å²) in [6, 6.07) is 3.92. The lowest BCUT2D eigenvalue weighted by atomic mass is 10.2. The van der Waals surface area contributed by atoms with E-state index in [-0.39, 0.29) is 12.4 Å². The van der Waals surface area contributed by atoms with Gasteiger partial charge in [-0.15, -0.1) is 11.3 Å². The predicted octanol–water partition coefficient (Wildman–Crippen LogP) is 1.90. The molecule has 3 heteroatoms. The Balaban J connectivity index is 2.27. The molecule has 0 amide bonds. The van der Waals surface area contributed by atoms with Gasteiger partial charge in [0, 0.05) is 17.9 Å². The predicted molar refractivity (Wildman–Crippen MR) is 49.5 cm³/mol. The van der Waals surface area contributed by atoms with Gasteiger partial charge in [0.05, 0.1) is 0 Å². The highest BCUT2D eigenvalue weighted by Crippen LogP contribution is 2.09. The maximum absolute atomic E-state index is 11.2. The topological polar surface area (TPSA) is 26.3 Å². The van der Waals surface area contributed by atoms with E-state index in [9.17, 15) is 4.79 Å². The molecule has 1 rings (SSSR count). The number of thiophene rings is 1. The molecule has 0 N–H and O–H groups in total. The first-order valence-corrected chi connectivity index (χ1v) is 4.82. The van der Waals surface area contributed by atoms with E-state index in [0.29, 0.717) is 13.0 Å². The molecule has 0 aliphatic heterocycles. The lowest BCUT2D eigenvalue weighted by Gasteiger charge is -1.98. The maximum Gasteiger partial charge on any atom is 0.163 e. The lowest BCUT2D eigenvalue weighted by molar-refractivity contribution is -0.122. The Bertz CT molecular complexity index is 229. The van der Waals surface area contributed by atoms with Crippen molar-refractivity contribution < 1.29 is 9.53 Å². The van der Waals surface area contributed by atoms with Crippen molar-refractivity contribution in [3.8, 4) is 0 Å². The van der Waals surface area contributed by atoms with E-state index in [4.69, 9.17) is 4.74 Å². The fourth-order valence-electron chi connectivity index (χ4n) is 0.874. The minimum Gasteiger partial charge on any atom is -0.374 e. The molecule has 0 spiro atoms. The summed E-state index contributed by atoms with van der Waals surface area (Å²) in [6.07, 6.45) is 0.512. The van der Waals surface area contributed by atoms with E-state index in [0.717, 1.165) is 4.88 Å². The number of Topliss-reactive ketones (excluding diaryl/α,β-unsaturated/α-hetero) is 1. The Morgan fingerprint density at radius 1 is 1.67 bits per heavy atom. The summed E-state index contributed by atoms with van der Waals surface area (Å²) >= 11 is 1.61. The van der Waals surface area contributed by atoms with E-state index < -0.39 is 0 Å². The van der Waals surface area contributed by atoms with Crippen LogP contribution in [0.3, 0.4) is 0 Å². The molecule has 0 aliphatic rings. The maximum atomic E-state index is 11.2. The van der Waals surface area contributed by atoms with Gasteiger partial charge in [-0.05, 0) is 18.4 Å². The summed E-state index contributed by atoms with van der Waals surface area (Å²) in [5.41, 5.74) is 0. The van der Waals surface area contributed by atoms with Gasteiger partial charge in [-0.2, -0.15) is 0 Å². The summed E-state index contributed by atoms with van der Waals surface area (Å²) in [7, 11) is 0. The molecule has 1 aromatic heterocycles. The third-order valence-corrected chi connectivity index (χ3v) is 2.30. The van der Waals surface area contributed by atoms with Crippen molar-refractivity contribution in [2.45, 2.75) is 13.3 Å². The molecule has 0 radical (unpaired) electrons. The van der Waals surface area contributed by atoms with Gasteiger partial charge in [0.15, 0.2) is 5.78 Å². The second-order valence-electron chi connectivity index (χ2n) is 2.43. The number of hydrogen-bond acceptors (Lipinski definition) is 3. The molecule has 0 bridgehead atoms. The third-order valence-electron chi connectivity index (χ3n) is 1.42. The summed E-state index contributed by atoms with van der Waals surface area (Å²) < 4.78 is 5.00. The summed E-state index contributed by atoms with van der Waals surface area (Å²) in [4.78, 5) is 12.3. The van der Waals surface area contributed by atoms with Crippen molar-refractivity contribution in [2.24, 2.45) is 0 Å². The third kappa shape index (κ3) is 3.15. The van der Waals surface area contributed by atoms with Crippen molar-refractivity contribution in [3.63, 3.8) is 0 Å². The smallest absolute Gasteiger partial charge is 0.163 e. The monoisotopic (exact) mass is 184 g/mol. The molecule has 0 saturated carbocycles. The molecular weight excluding hydrogens is 172 g/mol. The van der Waals surface area contributed by atoms with Crippen LogP contribution in [0.5, 0.6) is 0 Å². The lowest BCUT2D eigenvalue weighted by Crippen LogP contribution is -2.10. The molecule has 0 fully saturated rings. The largest absolute Gasteiger partial charge is 0.374 e. The zero-order valence-corrected chi connectivity index (χ0v) is 7.89. The zero-order valence-electron chi connectivity index (χ0n) is 7.08. The molecule has 0 saturated heterocycles. The molecule has 0 aliphatic carbocycles. The number of rotatable bonds is 5. The Labute approximate surface area is 76.2 Å². The highest BCUT2D eigenvalue weighted by Gasteiger charge is 2.03. The summed E-state index contributed by atoms with van der Waals surface area (Å²) in [6.45, 7) is 2.74. The van der Waals surface area contributed by atoms with Gasteiger partial charge < -0.3 is 4.74 Å². The SMILES string of the molecule is CCOCC(=O)Cc1cccs1. The molecule has 66 valence electrons. The number of carbonyl (C=O) groups is 1. The first-order valence-electron chi connectivity index (χ1n) is 3.94. The summed E-state index contributed by atoms with van der Waals surface area (Å²) in [5.74, 6) is 0.152. The van der Waals surface area contributed by atoms with E-state index >= 15 is 0 Å². The van der Waals surface area contributed by atoms with Gasteiger partial charge in [0.25, 0.3) is 0 Å². The van der Waals surface area contributed by atoms with Crippen LogP contribution >= 0.6 is 11.3 Å². The number of hydrogen-bond donors (Lipinski definition) is 0. The first-order chi connectivity index (χ1) is 5.83. The molecule has 1 heterocycles. The van der Waals surface area contributed by atoms with E-state index in [1.54, 1.807) is 11.3 Å². The Morgan fingerprint density at radius 2 is 2.50 bits per heavy atom. The van der Waals surface area contributed by atoms with Crippen LogP contribution in [0.4, 0.5) is 0 Å². The Morgan fingerprint density at radius 3 is 3.08 bits per heavy atom. The highest BCUT2D eigenvalue weighted by atomic mass is 32.1. The van der Waals surface area contributed by atoms with Gasteiger partial charge in [0.1, 0.15) is 6.61 Å². The van der Waals surface area contributed by atoms with Gasteiger partial charge >= 0.3 is 0 Å². The molecular formula is C9H12O2S. The minimum absolute atomic E-state index is 0.152. The van der Waals surface area contributed by atoms with Gasteiger partial charge in [-0.1, -0.05) is 6.07 Å². The van der Waals surface area contributed by atoms with Crippen LogP contribution < -0.4 is 0 Å². The zero-order chi connectivity index (χ0) is 8.81. The molecule has 1 aromatic rings.